The molecular formula is C15H19NO3. The molecule has 1 aromatic heterocycles. The number of fused-ring (bicyclic) bond motifs is 1. The van der Waals surface area contributed by atoms with E-state index in [0.717, 1.165) is 22.2 Å². The van der Waals surface area contributed by atoms with Gasteiger partial charge < -0.3 is 9.47 Å². The Hall–Kier alpha value is -1.97. The highest BCUT2D eigenvalue weighted by Crippen LogP contribution is 2.30. The molecule has 0 saturated heterocycles. The number of rotatable bonds is 1. The first kappa shape index (κ1) is 13.5. The molecular weight excluding hydrogens is 242 g/mol. The summed E-state index contributed by atoms with van der Waals surface area (Å²) in [5, 5.41) is 0.941. The van der Waals surface area contributed by atoms with E-state index < -0.39 is 5.60 Å². The van der Waals surface area contributed by atoms with E-state index in [1.807, 2.05) is 45.9 Å². The predicted octanol–water partition coefficient (Wildman–Crippen LogP) is 3.74. The number of hydrogen-bond acceptors (Lipinski definition) is 3. The zero-order chi connectivity index (χ0) is 14.2. The average molecular weight is 261 g/mol. The Balaban J connectivity index is 2.54. The van der Waals surface area contributed by atoms with Gasteiger partial charge in [-0.15, -0.1) is 0 Å². The lowest BCUT2D eigenvalue weighted by Gasteiger charge is -2.19. The maximum Gasteiger partial charge on any atom is 0.419 e. The van der Waals surface area contributed by atoms with Crippen molar-refractivity contribution in [2.24, 2.45) is 0 Å². The Kier molecular flexibility index (Phi) is 3.27. The number of aromatic nitrogens is 1. The highest BCUT2D eigenvalue weighted by molar-refractivity contribution is 5.95. The van der Waals surface area contributed by atoms with E-state index in [9.17, 15) is 4.79 Å². The quantitative estimate of drug-likeness (QED) is 0.785. The molecule has 19 heavy (non-hydrogen) atoms. The van der Waals surface area contributed by atoms with Crippen LogP contribution in [0.15, 0.2) is 24.4 Å². The molecule has 0 saturated carbocycles. The fourth-order valence-corrected chi connectivity index (χ4v) is 2.08. The van der Waals surface area contributed by atoms with E-state index in [-0.39, 0.29) is 6.09 Å². The van der Waals surface area contributed by atoms with Crippen LogP contribution in [0.5, 0.6) is 5.75 Å². The molecule has 0 unspecified atom stereocenters. The van der Waals surface area contributed by atoms with E-state index in [1.165, 1.54) is 4.57 Å². The standard InChI is InChI=1S/C15H19NO3/c1-10-9-16(14(17)19-15(2,3)4)11-7-6-8-12(18-5)13(10)11/h6-9H,1-5H3. The molecule has 4 nitrogen and oxygen atoms in total. The van der Waals surface area contributed by atoms with Gasteiger partial charge in [0.2, 0.25) is 0 Å². The zero-order valence-electron chi connectivity index (χ0n) is 12.0. The molecule has 2 aromatic rings. The Morgan fingerprint density at radius 1 is 1.26 bits per heavy atom. The van der Waals surface area contributed by atoms with Crippen LogP contribution < -0.4 is 4.74 Å². The van der Waals surface area contributed by atoms with Gasteiger partial charge in [-0.25, -0.2) is 4.79 Å². The number of hydrogen-bond donors (Lipinski definition) is 0. The van der Waals surface area contributed by atoms with Gasteiger partial charge in [0.1, 0.15) is 11.4 Å². The monoisotopic (exact) mass is 261 g/mol. The lowest BCUT2D eigenvalue weighted by molar-refractivity contribution is 0.0544. The van der Waals surface area contributed by atoms with Gasteiger partial charge in [0.15, 0.2) is 0 Å². The molecule has 2 rings (SSSR count). The number of nitrogens with zero attached hydrogens (tertiary/aromatic N) is 1. The maximum atomic E-state index is 12.2. The van der Waals surface area contributed by atoms with Crippen molar-refractivity contribution in [3.63, 3.8) is 0 Å². The molecule has 0 radical (unpaired) electrons. The Labute approximate surface area is 112 Å². The summed E-state index contributed by atoms with van der Waals surface area (Å²) in [6.45, 7) is 7.50. The average Bonchev–Trinajstić information content (AvgIpc) is 2.65. The Morgan fingerprint density at radius 2 is 1.95 bits per heavy atom. The summed E-state index contributed by atoms with van der Waals surface area (Å²) in [5.74, 6) is 0.761. The van der Waals surface area contributed by atoms with Crippen LogP contribution in [0.25, 0.3) is 10.9 Å². The topological polar surface area (TPSA) is 40.5 Å². The third-order valence-corrected chi connectivity index (χ3v) is 2.79. The van der Waals surface area contributed by atoms with Crippen LogP contribution in [0.3, 0.4) is 0 Å². The van der Waals surface area contributed by atoms with E-state index >= 15 is 0 Å². The second-order valence-corrected chi connectivity index (χ2v) is 5.52. The number of ether oxygens (including phenoxy) is 2. The molecule has 4 heteroatoms. The fourth-order valence-electron chi connectivity index (χ4n) is 2.08. The van der Waals surface area contributed by atoms with Crippen LogP contribution in [0.4, 0.5) is 4.79 Å². The summed E-state index contributed by atoms with van der Waals surface area (Å²) in [6, 6.07) is 5.63. The Morgan fingerprint density at radius 3 is 2.53 bits per heavy atom. The lowest BCUT2D eigenvalue weighted by Crippen LogP contribution is -2.26. The minimum absolute atomic E-state index is 0.376. The minimum Gasteiger partial charge on any atom is -0.496 e. The van der Waals surface area contributed by atoms with Crippen LogP contribution >= 0.6 is 0 Å². The molecule has 0 aliphatic heterocycles. The van der Waals surface area contributed by atoms with Crippen molar-refractivity contribution in [3.05, 3.63) is 30.0 Å². The molecule has 0 aliphatic rings. The lowest BCUT2D eigenvalue weighted by atomic mass is 10.2. The number of benzene rings is 1. The number of carbonyl (C=O) groups excluding carboxylic acids is 1. The molecule has 1 aromatic carbocycles. The van der Waals surface area contributed by atoms with E-state index in [2.05, 4.69) is 0 Å². The van der Waals surface area contributed by atoms with Gasteiger partial charge in [-0.3, -0.25) is 4.57 Å². The first-order valence-electron chi connectivity index (χ1n) is 6.21. The van der Waals surface area contributed by atoms with Crippen molar-refractivity contribution in [2.75, 3.05) is 7.11 Å². The van der Waals surface area contributed by atoms with Gasteiger partial charge in [-0.1, -0.05) is 6.07 Å². The summed E-state index contributed by atoms with van der Waals surface area (Å²) in [7, 11) is 1.62. The predicted molar refractivity (Wildman–Crippen MR) is 74.9 cm³/mol. The highest BCUT2D eigenvalue weighted by Gasteiger charge is 2.20. The van der Waals surface area contributed by atoms with Gasteiger partial charge in [0, 0.05) is 11.6 Å². The van der Waals surface area contributed by atoms with Crippen molar-refractivity contribution < 1.29 is 14.3 Å². The van der Waals surface area contributed by atoms with Gasteiger partial charge in [-0.05, 0) is 45.4 Å². The SMILES string of the molecule is COc1cccc2c1c(C)cn2C(=O)OC(C)(C)C. The van der Waals surface area contributed by atoms with Crippen LogP contribution in [0.2, 0.25) is 0 Å². The number of methoxy groups -OCH3 is 1. The zero-order valence-corrected chi connectivity index (χ0v) is 12.0. The molecule has 0 bridgehead atoms. The first-order chi connectivity index (χ1) is 8.83. The van der Waals surface area contributed by atoms with E-state index in [1.54, 1.807) is 13.3 Å². The van der Waals surface area contributed by atoms with E-state index in [0.29, 0.717) is 0 Å². The van der Waals surface area contributed by atoms with Crippen molar-refractivity contribution in [3.8, 4) is 5.75 Å². The van der Waals surface area contributed by atoms with Crippen molar-refractivity contribution in [2.45, 2.75) is 33.3 Å². The van der Waals surface area contributed by atoms with Gasteiger partial charge in [0.25, 0.3) is 0 Å². The van der Waals surface area contributed by atoms with Crippen molar-refractivity contribution >= 4 is 17.0 Å². The summed E-state index contributed by atoms with van der Waals surface area (Å²) in [4.78, 5) is 12.2. The molecule has 0 amide bonds. The molecule has 0 spiro atoms. The van der Waals surface area contributed by atoms with E-state index in [4.69, 9.17) is 9.47 Å². The van der Waals surface area contributed by atoms with Gasteiger partial charge in [0.05, 0.1) is 12.6 Å². The van der Waals surface area contributed by atoms with Crippen molar-refractivity contribution in [1.82, 2.24) is 4.57 Å². The molecule has 0 N–H and O–H groups in total. The second-order valence-electron chi connectivity index (χ2n) is 5.52. The molecule has 0 aliphatic carbocycles. The normalized spacial score (nSPS) is 11.6. The minimum atomic E-state index is -0.513. The van der Waals surface area contributed by atoms with Gasteiger partial charge >= 0.3 is 6.09 Å². The van der Waals surface area contributed by atoms with Crippen molar-refractivity contribution in [1.29, 1.82) is 0 Å². The number of carbonyl (C=O) groups is 1. The van der Waals surface area contributed by atoms with Crippen LogP contribution in [0.1, 0.15) is 26.3 Å². The third kappa shape index (κ3) is 2.57. The number of aryl methyl sites for hydroxylation is 1. The molecule has 0 atom stereocenters. The van der Waals surface area contributed by atoms with Crippen LogP contribution in [-0.2, 0) is 4.74 Å². The summed E-state index contributed by atoms with van der Waals surface area (Å²) in [6.07, 6.45) is 1.40. The van der Waals surface area contributed by atoms with Crippen LogP contribution in [0, 0.1) is 6.92 Å². The van der Waals surface area contributed by atoms with Gasteiger partial charge in [-0.2, -0.15) is 0 Å². The third-order valence-electron chi connectivity index (χ3n) is 2.79. The summed E-state index contributed by atoms with van der Waals surface area (Å²) >= 11 is 0. The summed E-state index contributed by atoms with van der Waals surface area (Å²) < 4.78 is 12.3. The smallest absolute Gasteiger partial charge is 0.419 e. The molecule has 0 fully saturated rings. The first-order valence-corrected chi connectivity index (χ1v) is 6.21. The summed E-state index contributed by atoms with van der Waals surface area (Å²) in [5.41, 5.74) is 1.27. The molecule has 102 valence electrons. The maximum absolute atomic E-state index is 12.2. The second kappa shape index (κ2) is 4.61. The highest BCUT2D eigenvalue weighted by atomic mass is 16.6. The Bertz CT molecular complexity index is 620. The largest absolute Gasteiger partial charge is 0.496 e. The molecule has 1 heterocycles. The fraction of sp³-hybridized carbons (Fsp3) is 0.400. The van der Waals surface area contributed by atoms with Crippen LogP contribution in [-0.4, -0.2) is 23.4 Å².